The van der Waals surface area contributed by atoms with Crippen LogP contribution in [-0.4, -0.2) is 22.5 Å². The fourth-order valence-electron chi connectivity index (χ4n) is 1.40. The molecule has 0 heterocycles. The van der Waals surface area contributed by atoms with E-state index in [4.69, 9.17) is 16.7 Å². The highest BCUT2D eigenvalue weighted by Crippen LogP contribution is 2.12. The molecule has 2 N–H and O–H groups in total. The highest BCUT2D eigenvalue weighted by molar-refractivity contribution is 6.30. The summed E-state index contributed by atoms with van der Waals surface area (Å²) >= 11 is 5.71. The summed E-state index contributed by atoms with van der Waals surface area (Å²) < 4.78 is 0. The van der Waals surface area contributed by atoms with Gasteiger partial charge in [-0.25, -0.2) is 0 Å². The smallest absolute Gasteiger partial charge is 0.305 e. The first-order valence-corrected chi connectivity index (χ1v) is 5.48. The van der Waals surface area contributed by atoms with E-state index in [0.717, 1.165) is 0 Å². The van der Waals surface area contributed by atoms with Crippen LogP contribution in [0, 0.1) is 0 Å². The molecule has 0 bridgehead atoms. The van der Waals surface area contributed by atoms with E-state index in [2.05, 4.69) is 5.32 Å². The molecule has 1 rings (SSSR count). The molecule has 92 valence electrons. The Hall–Kier alpha value is -1.55. The minimum Gasteiger partial charge on any atom is -0.481 e. The number of amides is 1. The topological polar surface area (TPSA) is 66.4 Å². The van der Waals surface area contributed by atoms with Gasteiger partial charge < -0.3 is 10.4 Å². The first kappa shape index (κ1) is 13.5. The number of hydrogen-bond acceptors (Lipinski definition) is 2. The van der Waals surface area contributed by atoms with Crippen molar-refractivity contribution >= 4 is 23.5 Å². The first-order chi connectivity index (χ1) is 7.80. The molecule has 0 aliphatic heterocycles. The van der Waals surface area contributed by atoms with Crippen LogP contribution in [-0.2, 0) is 4.79 Å². The van der Waals surface area contributed by atoms with Gasteiger partial charge in [-0.05, 0) is 38.1 Å². The van der Waals surface area contributed by atoms with E-state index >= 15 is 0 Å². The monoisotopic (exact) mass is 255 g/mol. The van der Waals surface area contributed by atoms with Crippen molar-refractivity contribution in [2.24, 2.45) is 0 Å². The lowest BCUT2D eigenvalue weighted by Gasteiger charge is -2.24. The normalized spacial score (nSPS) is 11.0. The van der Waals surface area contributed by atoms with Crippen molar-refractivity contribution < 1.29 is 14.7 Å². The Morgan fingerprint density at radius 1 is 1.29 bits per heavy atom. The second-order valence-electron chi connectivity index (χ2n) is 4.42. The molecule has 0 saturated carbocycles. The van der Waals surface area contributed by atoms with Gasteiger partial charge in [-0.1, -0.05) is 11.6 Å². The lowest BCUT2D eigenvalue weighted by atomic mass is 10.00. The van der Waals surface area contributed by atoms with E-state index in [-0.39, 0.29) is 12.3 Å². The van der Waals surface area contributed by atoms with Crippen LogP contribution >= 0.6 is 11.6 Å². The van der Waals surface area contributed by atoms with E-state index in [1.54, 1.807) is 38.1 Å². The van der Waals surface area contributed by atoms with Crippen molar-refractivity contribution in [2.45, 2.75) is 25.8 Å². The van der Waals surface area contributed by atoms with Gasteiger partial charge in [-0.2, -0.15) is 0 Å². The van der Waals surface area contributed by atoms with Gasteiger partial charge in [-0.3, -0.25) is 9.59 Å². The average Bonchev–Trinajstić information content (AvgIpc) is 2.15. The Bertz CT molecular complexity index is 426. The van der Waals surface area contributed by atoms with E-state index in [0.29, 0.717) is 10.6 Å². The number of carbonyl (C=O) groups excluding carboxylic acids is 1. The molecule has 4 nitrogen and oxygen atoms in total. The number of hydrogen-bond donors (Lipinski definition) is 2. The van der Waals surface area contributed by atoms with Crippen LogP contribution in [0.4, 0.5) is 0 Å². The van der Waals surface area contributed by atoms with Gasteiger partial charge in [0, 0.05) is 16.1 Å². The summed E-state index contributed by atoms with van der Waals surface area (Å²) in [5, 5.41) is 11.9. The summed E-state index contributed by atoms with van der Waals surface area (Å²) in [7, 11) is 0. The Morgan fingerprint density at radius 2 is 1.82 bits per heavy atom. The molecule has 0 spiro atoms. The first-order valence-electron chi connectivity index (χ1n) is 5.10. The molecule has 17 heavy (non-hydrogen) atoms. The summed E-state index contributed by atoms with van der Waals surface area (Å²) in [6, 6.07) is 6.41. The lowest BCUT2D eigenvalue weighted by Crippen LogP contribution is -2.44. The van der Waals surface area contributed by atoms with Crippen LogP contribution in [0.3, 0.4) is 0 Å². The van der Waals surface area contributed by atoms with Crippen LogP contribution < -0.4 is 5.32 Å². The number of rotatable bonds is 4. The number of halogens is 1. The van der Waals surface area contributed by atoms with E-state index in [1.165, 1.54) is 0 Å². The van der Waals surface area contributed by atoms with Crippen molar-refractivity contribution in [3.05, 3.63) is 34.9 Å². The van der Waals surface area contributed by atoms with Crippen molar-refractivity contribution in [3.63, 3.8) is 0 Å². The molecule has 0 aliphatic rings. The Morgan fingerprint density at radius 3 is 2.29 bits per heavy atom. The molecular formula is C12H14ClNO3. The highest BCUT2D eigenvalue weighted by Gasteiger charge is 2.24. The van der Waals surface area contributed by atoms with Gasteiger partial charge in [0.25, 0.3) is 5.91 Å². The standard InChI is InChI=1S/C12H14ClNO3/c1-12(2,7-10(15)16)14-11(17)8-3-5-9(13)6-4-8/h3-6H,7H2,1-2H3,(H,14,17)(H,15,16). The van der Waals surface area contributed by atoms with Crippen molar-refractivity contribution in [1.82, 2.24) is 5.32 Å². The number of aliphatic carboxylic acids is 1. The average molecular weight is 256 g/mol. The second-order valence-corrected chi connectivity index (χ2v) is 4.85. The van der Waals surface area contributed by atoms with Gasteiger partial charge in [0.05, 0.1) is 6.42 Å². The van der Waals surface area contributed by atoms with Crippen LogP contribution in [0.5, 0.6) is 0 Å². The van der Waals surface area contributed by atoms with E-state index in [9.17, 15) is 9.59 Å². The SMILES string of the molecule is CC(C)(CC(=O)O)NC(=O)c1ccc(Cl)cc1. The summed E-state index contributed by atoms with van der Waals surface area (Å²) in [6.45, 7) is 3.32. The number of carbonyl (C=O) groups is 2. The third-order valence-electron chi connectivity index (χ3n) is 2.15. The molecule has 0 radical (unpaired) electrons. The zero-order valence-corrected chi connectivity index (χ0v) is 10.4. The molecule has 0 aliphatic carbocycles. The summed E-state index contributed by atoms with van der Waals surface area (Å²) in [5.41, 5.74) is -0.337. The Kier molecular flexibility index (Phi) is 4.12. The fourth-order valence-corrected chi connectivity index (χ4v) is 1.53. The predicted octanol–water partition coefficient (Wildman–Crippen LogP) is 2.32. The molecule has 0 unspecified atom stereocenters. The van der Waals surface area contributed by atoms with Crippen LogP contribution in [0.1, 0.15) is 30.6 Å². The minimum absolute atomic E-state index is 0.133. The lowest BCUT2D eigenvalue weighted by molar-refractivity contribution is -0.138. The maximum Gasteiger partial charge on any atom is 0.305 e. The Balaban J connectivity index is 2.72. The maximum atomic E-state index is 11.8. The van der Waals surface area contributed by atoms with Gasteiger partial charge in [0.1, 0.15) is 0 Å². The van der Waals surface area contributed by atoms with Gasteiger partial charge in [0.15, 0.2) is 0 Å². The van der Waals surface area contributed by atoms with Crippen LogP contribution in [0.15, 0.2) is 24.3 Å². The van der Waals surface area contributed by atoms with Crippen molar-refractivity contribution in [2.75, 3.05) is 0 Å². The molecular weight excluding hydrogens is 242 g/mol. The largest absolute Gasteiger partial charge is 0.481 e. The summed E-state index contributed by atoms with van der Waals surface area (Å²) in [5.74, 6) is -1.26. The molecule has 0 fully saturated rings. The van der Waals surface area contributed by atoms with Crippen molar-refractivity contribution in [1.29, 1.82) is 0 Å². The third kappa shape index (κ3) is 4.44. The van der Waals surface area contributed by atoms with Gasteiger partial charge in [0.2, 0.25) is 0 Å². The van der Waals surface area contributed by atoms with Gasteiger partial charge >= 0.3 is 5.97 Å². The number of benzene rings is 1. The fraction of sp³-hybridized carbons (Fsp3) is 0.333. The number of carboxylic acids is 1. The highest BCUT2D eigenvalue weighted by atomic mass is 35.5. The van der Waals surface area contributed by atoms with Gasteiger partial charge in [-0.15, -0.1) is 0 Å². The predicted molar refractivity (Wildman–Crippen MR) is 65.3 cm³/mol. The van der Waals surface area contributed by atoms with Crippen LogP contribution in [0.2, 0.25) is 5.02 Å². The minimum atomic E-state index is -0.952. The number of nitrogens with one attached hydrogen (secondary N) is 1. The number of carboxylic acid groups (broad SMARTS) is 1. The molecule has 1 aromatic carbocycles. The van der Waals surface area contributed by atoms with E-state index < -0.39 is 11.5 Å². The van der Waals surface area contributed by atoms with E-state index in [1.807, 2.05) is 0 Å². The molecule has 1 aromatic rings. The van der Waals surface area contributed by atoms with Crippen molar-refractivity contribution in [3.8, 4) is 0 Å². The zero-order valence-electron chi connectivity index (χ0n) is 9.66. The zero-order chi connectivity index (χ0) is 13.1. The van der Waals surface area contributed by atoms with Crippen LogP contribution in [0.25, 0.3) is 0 Å². The third-order valence-corrected chi connectivity index (χ3v) is 2.40. The second kappa shape index (κ2) is 5.19. The molecule has 0 saturated heterocycles. The maximum absolute atomic E-state index is 11.8. The molecule has 0 atom stereocenters. The molecule has 5 heteroatoms. The summed E-state index contributed by atoms with van der Waals surface area (Å²) in [6.07, 6.45) is -0.133. The Labute approximate surface area is 105 Å². The summed E-state index contributed by atoms with van der Waals surface area (Å²) in [4.78, 5) is 22.4. The molecule has 1 amide bonds. The molecule has 0 aromatic heterocycles. The quantitative estimate of drug-likeness (QED) is 0.868.